The Kier molecular flexibility index (Phi) is 9.97. The molecule has 0 aliphatic heterocycles. The van der Waals surface area contributed by atoms with Crippen molar-refractivity contribution in [2.45, 2.75) is 44.1 Å². The third-order valence-corrected chi connectivity index (χ3v) is 8.10. The van der Waals surface area contributed by atoms with E-state index in [2.05, 4.69) is 10.6 Å². The van der Waals surface area contributed by atoms with Gasteiger partial charge in [0.2, 0.25) is 5.91 Å². The van der Waals surface area contributed by atoms with E-state index < -0.39 is 51.7 Å². The van der Waals surface area contributed by atoms with E-state index in [0.29, 0.717) is 0 Å². The first-order chi connectivity index (χ1) is 20.0. The molecular weight excluding hydrogens is 560 g/mol. The number of amides is 2. The molecule has 0 fully saturated rings. The van der Waals surface area contributed by atoms with Crippen LogP contribution in [0.3, 0.4) is 0 Å². The van der Waals surface area contributed by atoms with Gasteiger partial charge in [-0.2, -0.15) is 0 Å². The number of hydrogen-bond acceptors (Lipinski definition) is 7. The maximum Gasteiger partial charge on any atom is 0.407 e. The van der Waals surface area contributed by atoms with Gasteiger partial charge in [0.1, 0.15) is 22.5 Å². The second kappa shape index (κ2) is 13.6. The quantitative estimate of drug-likeness (QED) is 0.272. The Balaban J connectivity index is 1.41. The van der Waals surface area contributed by atoms with Gasteiger partial charge >= 0.3 is 12.1 Å². The highest BCUT2D eigenvalue weighted by molar-refractivity contribution is 7.90. The lowest BCUT2D eigenvalue weighted by Gasteiger charge is -2.25. The summed E-state index contributed by atoms with van der Waals surface area (Å²) in [5, 5.41) is 14.6. The number of carboxylic acids is 1. The number of carboxylic acid groups (broad SMARTS) is 1. The molecule has 3 aromatic carbocycles. The zero-order chi connectivity index (χ0) is 30.3. The lowest BCUT2D eigenvalue weighted by atomic mass is 9.98. The molecular formula is C31H34N2O8S. The van der Waals surface area contributed by atoms with Crippen molar-refractivity contribution in [1.82, 2.24) is 10.6 Å². The van der Waals surface area contributed by atoms with Gasteiger partial charge in [0.25, 0.3) is 0 Å². The average molecular weight is 595 g/mol. The fraction of sp³-hybridized carbons (Fsp3) is 0.323. The third-order valence-electron chi connectivity index (χ3n) is 7.12. The number of benzene rings is 3. The average Bonchev–Trinajstić information content (AvgIpc) is 3.29. The number of carbonyl (C=O) groups is 3. The fourth-order valence-corrected chi connectivity index (χ4v) is 5.58. The molecule has 1 aliphatic rings. The first-order valence-corrected chi connectivity index (χ1v) is 15.6. The first-order valence-electron chi connectivity index (χ1n) is 13.5. The van der Waals surface area contributed by atoms with Crippen LogP contribution in [0.1, 0.15) is 36.0 Å². The molecule has 0 aromatic heterocycles. The van der Waals surface area contributed by atoms with Crippen LogP contribution in [-0.2, 0) is 35.5 Å². The highest BCUT2D eigenvalue weighted by Gasteiger charge is 2.33. The Bertz CT molecular complexity index is 1480. The largest absolute Gasteiger partial charge is 0.480 e. The molecule has 0 spiro atoms. The summed E-state index contributed by atoms with van der Waals surface area (Å²) in [5.41, 5.74) is 4.94. The highest BCUT2D eigenvalue weighted by Crippen LogP contribution is 2.44. The van der Waals surface area contributed by atoms with Gasteiger partial charge in [0.15, 0.2) is 6.04 Å². The van der Waals surface area contributed by atoms with Crippen molar-refractivity contribution in [1.29, 1.82) is 0 Å². The topological polar surface area (TPSA) is 148 Å². The van der Waals surface area contributed by atoms with Crippen LogP contribution >= 0.6 is 0 Å². The fourth-order valence-electron chi connectivity index (χ4n) is 4.91. The molecule has 0 saturated heterocycles. The summed E-state index contributed by atoms with van der Waals surface area (Å²) in [4.78, 5) is 38.1. The van der Waals surface area contributed by atoms with Crippen LogP contribution in [-0.4, -0.2) is 68.3 Å². The molecule has 0 bridgehead atoms. The Labute approximate surface area is 245 Å². The van der Waals surface area contributed by atoms with Crippen molar-refractivity contribution in [3.63, 3.8) is 0 Å². The molecule has 4 rings (SSSR count). The van der Waals surface area contributed by atoms with E-state index >= 15 is 0 Å². The number of alkyl carbamates (subject to hydrolysis) is 1. The Morgan fingerprint density at radius 3 is 2.02 bits per heavy atom. The van der Waals surface area contributed by atoms with E-state index in [9.17, 15) is 27.9 Å². The van der Waals surface area contributed by atoms with E-state index in [-0.39, 0.29) is 25.6 Å². The molecule has 1 aliphatic carbocycles. The van der Waals surface area contributed by atoms with Gasteiger partial charge < -0.3 is 25.2 Å². The number of fused-ring (bicyclic) bond motifs is 3. The van der Waals surface area contributed by atoms with Crippen molar-refractivity contribution < 1.29 is 37.4 Å². The van der Waals surface area contributed by atoms with Crippen LogP contribution in [0.15, 0.2) is 78.9 Å². The van der Waals surface area contributed by atoms with Crippen LogP contribution in [0.4, 0.5) is 4.79 Å². The maximum absolute atomic E-state index is 13.2. The molecule has 3 N–H and O–H groups in total. The van der Waals surface area contributed by atoms with Crippen molar-refractivity contribution in [2.75, 3.05) is 18.6 Å². The molecule has 3 atom stereocenters. The number of ether oxygens (including phenoxy) is 2. The van der Waals surface area contributed by atoms with Gasteiger partial charge in [-0.1, -0.05) is 78.9 Å². The van der Waals surface area contributed by atoms with Crippen molar-refractivity contribution in [3.8, 4) is 11.1 Å². The van der Waals surface area contributed by atoms with Crippen LogP contribution in [0.25, 0.3) is 11.1 Å². The molecule has 42 heavy (non-hydrogen) atoms. The number of nitrogens with one attached hydrogen (secondary N) is 2. The number of sulfone groups is 1. The number of aliphatic carboxylic acids is 1. The summed E-state index contributed by atoms with van der Waals surface area (Å²) in [6, 6.07) is 21.9. The number of hydrogen-bond donors (Lipinski definition) is 3. The Morgan fingerprint density at radius 2 is 1.45 bits per heavy atom. The molecule has 222 valence electrons. The van der Waals surface area contributed by atoms with Gasteiger partial charge in [-0.05, 0) is 41.2 Å². The number of rotatable bonds is 13. The minimum Gasteiger partial charge on any atom is -0.480 e. The van der Waals surface area contributed by atoms with Crippen molar-refractivity contribution >= 4 is 27.8 Å². The van der Waals surface area contributed by atoms with E-state index in [1.54, 1.807) is 0 Å². The minimum atomic E-state index is -3.49. The van der Waals surface area contributed by atoms with E-state index in [4.69, 9.17) is 9.47 Å². The van der Waals surface area contributed by atoms with Gasteiger partial charge in [-0.3, -0.25) is 4.79 Å². The zero-order valence-electron chi connectivity index (χ0n) is 23.4. The third kappa shape index (κ3) is 7.95. The minimum absolute atomic E-state index is 0.0115. The standard InChI is InChI=1S/C31H34N2O8S/c1-20(40-18-21-10-4-3-5-11-21)28(30(35)36)33-29(34)27(16-17-42(2,38)39)32-31(37)41-19-26-24-14-8-6-12-22(24)23-13-7-9-15-25(23)26/h3-15,20,26-28H,16-19H2,1-2H3,(H,32,37)(H,33,34)(H,35,36)/t20-,27?,28+/m0/s1. The summed E-state index contributed by atoms with van der Waals surface area (Å²) < 4.78 is 34.9. The van der Waals surface area contributed by atoms with E-state index in [1.165, 1.54) is 6.92 Å². The predicted molar refractivity (Wildman–Crippen MR) is 157 cm³/mol. The predicted octanol–water partition coefficient (Wildman–Crippen LogP) is 3.50. The van der Waals surface area contributed by atoms with Gasteiger partial charge in [0, 0.05) is 12.2 Å². The molecule has 1 unspecified atom stereocenters. The smallest absolute Gasteiger partial charge is 0.407 e. The Morgan fingerprint density at radius 1 is 0.881 bits per heavy atom. The summed E-state index contributed by atoms with van der Waals surface area (Å²) in [7, 11) is -3.49. The summed E-state index contributed by atoms with van der Waals surface area (Å²) in [6.45, 7) is 1.62. The van der Waals surface area contributed by atoms with E-state index in [0.717, 1.165) is 34.1 Å². The Hall–Kier alpha value is -4.22. The van der Waals surface area contributed by atoms with Gasteiger partial charge in [0.05, 0.1) is 18.5 Å². The van der Waals surface area contributed by atoms with Crippen LogP contribution in [0.2, 0.25) is 0 Å². The lowest BCUT2D eigenvalue weighted by Crippen LogP contribution is -2.55. The van der Waals surface area contributed by atoms with E-state index in [1.807, 2.05) is 78.9 Å². The molecule has 0 heterocycles. The molecule has 11 heteroatoms. The van der Waals surface area contributed by atoms with Gasteiger partial charge in [-0.25, -0.2) is 18.0 Å². The van der Waals surface area contributed by atoms with Crippen LogP contribution in [0, 0.1) is 0 Å². The molecule has 2 amide bonds. The van der Waals surface area contributed by atoms with Crippen molar-refractivity contribution in [2.24, 2.45) is 0 Å². The SMILES string of the molecule is C[C@H](OCc1ccccc1)[C@@H](NC(=O)C(CCS(C)(=O)=O)NC(=O)OCC1c2ccccc2-c2ccccc21)C(=O)O. The molecule has 10 nitrogen and oxygen atoms in total. The van der Waals surface area contributed by atoms with Crippen LogP contribution < -0.4 is 10.6 Å². The number of carbonyl (C=O) groups excluding carboxylic acids is 2. The molecule has 0 saturated carbocycles. The van der Waals surface area contributed by atoms with Gasteiger partial charge in [-0.15, -0.1) is 0 Å². The summed E-state index contributed by atoms with van der Waals surface area (Å²) in [5.74, 6) is -2.83. The first kappa shape index (κ1) is 30.7. The highest BCUT2D eigenvalue weighted by atomic mass is 32.2. The summed E-state index contributed by atoms with van der Waals surface area (Å²) in [6.07, 6.45) is -1.13. The monoisotopic (exact) mass is 594 g/mol. The van der Waals surface area contributed by atoms with Crippen molar-refractivity contribution in [3.05, 3.63) is 95.6 Å². The zero-order valence-corrected chi connectivity index (χ0v) is 24.2. The maximum atomic E-state index is 13.2. The summed E-state index contributed by atoms with van der Waals surface area (Å²) >= 11 is 0. The molecule has 3 aromatic rings. The normalized spacial score (nSPS) is 14.6. The lowest BCUT2D eigenvalue weighted by molar-refractivity contribution is -0.146. The van der Waals surface area contributed by atoms with Crippen LogP contribution in [0.5, 0.6) is 0 Å². The molecule has 0 radical (unpaired) electrons. The second-order valence-electron chi connectivity index (χ2n) is 10.3. The second-order valence-corrected chi connectivity index (χ2v) is 12.5.